The molecule has 1 aromatic heterocycles. The number of nitrogens with zero attached hydrogens (tertiary/aromatic N) is 3. The molecule has 3 aromatic carbocycles. The minimum Gasteiger partial charge on any atom is -0.691 e. The SMILES string of the molecule is CCCCCOc1ccc(-c2ccc(CCC(=O)n3n[n+]([O-])c4ccccc43)cc2)cc1. The number of para-hydroxylation sites is 2. The largest absolute Gasteiger partial charge is 0.691 e. The van der Waals surface area contributed by atoms with Gasteiger partial charge in [-0.15, -0.1) is 4.85 Å². The lowest BCUT2D eigenvalue weighted by atomic mass is 10.0. The summed E-state index contributed by atoms with van der Waals surface area (Å²) in [4.78, 5) is 13.1. The monoisotopic (exact) mass is 429 g/mol. The molecule has 0 unspecified atom stereocenters. The van der Waals surface area contributed by atoms with E-state index in [0.717, 1.165) is 35.5 Å². The first-order valence-corrected chi connectivity index (χ1v) is 11.1. The standard InChI is InChI=1S/C26H27N3O3/c1-2-3-6-19-32-23-16-14-22(15-17-23)21-12-9-20(10-13-21)11-18-26(30)28-24-7-4-5-8-25(24)29(31)27-28/h4-5,7-10,12-17H,2-3,6,11,18-19H2,1H3. The van der Waals surface area contributed by atoms with E-state index >= 15 is 0 Å². The van der Waals surface area contributed by atoms with Crippen LogP contribution in [0.25, 0.3) is 22.2 Å². The van der Waals surface area contributed by atoms with Crippen LogP contribution in [0.2, 0.25) is 0 Å². The van der Waals surface area contributed by atoms with E-state index in [9.17, 15) is 10.0 Å². The third kappa shape index (κ3) is 4.97. The van der Waals surface area contributed by atoms with E-state index < -0.39 is 0 Å². The van der Waals surface area contributed by atoms with Crippen molar-refractivity contribution in [1.82, 2.24) is 9.90 Å². The summed E-state index contributed by atoms with van der Waals surface area (Å²) < 4.78 is 6.97. The number of hydrogen-bond donors (Lipinski definition) is 0. The number of aromatic nitrogens is 3. The Morgan fingerprint density at radius 2 is 1.66 bits per heavy atom. The topological polar surface area (TPSA) is 71.1 Å². The zero-order valence-electron chi connectivity index (χ0n) is 18.2. The van der Waals surface area contributed by atoms with Gasteiger partial charge in [0.25, 0.3) is 0 Å². The molecule has 0 bridgehead atoms. The van der Waals surface area contributed by atoms with Crippen LogP contribution in [0.15, 0.2) is 72.8 Å². The van der Waals surface area contributed by atoms with Crippen LogP contribution in [-0.4, -0.2) is 22.4 Å². The van der Waals surface area contributed by atoms with Gasteiger partial charge in [0.05, 0.1) is 13.0 Å². The molecule has 164 valence electrons. The predicted molar refractivity (Wildman–Crippen MR) is 125 cm³/mol. The van der Waals surface area contributed by atoms with Crippen LogP contribution in [-0.2, 0) is 6.42 Å². The maximum absolute atomic E-state index is 12.6. The summed E-state index contributed by atoms with van der Waals surface area (Å²) in [6.07, 6.45) is 4.31. The van der Waals surface area contributed by atoms with Gasteiger partial charge in [-0.05, 0) is 53.8 Å². The van der Waals surface area contributed by atoms with E-state index in [1.165, 1.54) is 17.5 Å². The molecule has 0 spiro atoms. The van der Waals surface area contributed by atoms with Crippen LogP contribution in [0.5, 0.6) is 5.75 Å². The number of ether oxygens (including phenoxy) is 1. The number of unbranched alkanes of at least 4 members (excludes halogenated alkanes) is 2. The van der Waals surface area contributed by atoms with Gasteiger partial charge in [-0.2, -0.15) is 0 Å². The zero-order valence-corrected chi connectivity index (χ0v) is 18.2. The molecule has 0 aliphatic carbocycles. The van der Waals surface area contributed by atoms with Crippen molar-refractivity contribution in [2.75, 3.05) is 6.61 Å². The maximum Gasteiger partial charge on any atom is 0.335 e. The zero-order chi connectivity index (χ0) is 22.3. The Bertz CT molecular complexity index is 1180. The number of fused-ring (bicyclic) bond motifs is 1. The molecule has 0 saturated heterocycles. The van der Waals surface area contributed by atoms with E-state index in [1.807, 2.05) is 24.3 Å². The minimum atomic E-state index is -0.200. The Morgan fingerprint density at radius 1 is 0.969 bits per heavy atom. The van der Waals surface area contributed by atoms with Gasteiger partial charge in [0.15, 0.2) is 0 Å². The van der Waals surface area contributed by atoms with E-state index in [1.54, 1.807) is 24.3 Å². The highest BCUT2D eigenvalue weighted by molar-refractivity contribution is 5.87. The summed E-state index contributed by atoms with van der Waals surface area (Å²) in [6, 6.07) is 23.3. The van der Waals surface area contributed by atoms with Crippen LogP contribution < -0.4 is 9.58 Å². The molecule has 1 heterocycles. The van der Waals surface area contributed by atoms with Crippen molar-refractivity contribution in [3.63, 3.8) is 0 Å². The summed E-state index contributed by atoms with van der Waals surface area (Å²) in [5.74, 6) is 0.694. The Labute approximate surface area is 187 Å². The number of hydrogen-bond acceptors (Lipinski definition) is 4. The molecular weight excluding hydrogens is 402 g/mol. The smallest absolute Gasteiger partial charge is 0.335 e. The first-order chi connectivity index (χ1) is 15.7. The molecule has 0 saturated carbocycles. The lowest BCUT2D eigenvalue weighted by Gasteiger charge is -2.08. The fourth-order valence-electron chi connectivity index (χ4n) is 3.67. The van der Waals surface area contributed by atoms with Gasteiger partial charge in [0.1, 0.15) is 11.0 Å². The van der Waals surface area contributed by atoms with Crippen LogP contribution in [0.1, 0.15) is 43.0 Å². The molecule has 0 amide bonds. The second kappa shape index (κ2) is 10.1. The molecular formula is C26H27N3O3. The molecule has 0 fully saturated rings. The first-order valence-electron chi connectivity index (χ1n) is 11.1. The number of aryl methyl sites for hydroxylation is 1. The van der Waals surface area contributed by atoms with Gasteiger partial charge in [-0.25, -0.2) is 4.79 Å². The fraction of sp³-hybridized carbons (Fsp3) is 0.269. The van der Waals surface area contributed by atoms with E-state index in [0.29, 0.717) is 22.3 Å². The number of carbonyl (C=O) groups excluding carboxylic acids is 1. The van der Waals surface area contributed by atoms with Gasteiger partial charge < -0.3 is 9.94 Å². The molecule has 4 rings (SSSR count). The lowest BCUT2D eigenvalue weighted by Crippen LogP contribution is -2.30. The van der Waals surface area contributed by atoms with Crippen LogP contribution >= 0.6 is 0 Å². The number of rotatable bonds is 9. The Kier molecular flexibility index (Phi) is 6.80. The average molecular weight is 430 g/mol. The molecule has 6 heteroatoms. The van der Waals surface area contributed by atoms with Crippen LogP contribution in [0.3, 0.4) is 0 Å². The van der Waals surface area contributed by atoms with Gasteiger partial charge in [0, 0.05) is 0 Å². The van der Waals surface area contributed by atoms with Gasteiger partial charge >= 0.3 is 5.91 Å². The Morgan fingerprint density at radius 3 is 2.38 bits per heavy atom. The molecule has 0 aliphatic heterocycles. The van der Waals surface area contributed by atoms with Crippen molar-refractivity contribution in [3.05, 3.63) is 83.6 Å². The summed E-state index contributed by atoms with van der Waals surface area (Å²) in [5, 5.41) is 15.7. The van der Waals surface area contributed by atoms with E-state index in [2.05, 4.69) is 36.4 Å². The quantitative estimate of drug-likeness (QED) is 0.209. The van der Waals surface area contributed by atoms with Crippen molar-refractivity contribution < 1.29 is 14.4 Å². The molecule has 4 aromatic rings. The lowest BCUT2D eigenvalue weighted by molar-refractivity contribution is -0.645. The molecule has 0 N–H and O–H groups in total. The molecule has 0 atom stereocenters. The highest BCUT2D eigenvalue weighted by atomic mass is 16.5. The molecule has 32 heavy (non-hydrogen) atoms. The normalized spacial score (nSPS) is 11.0. The molecule has 6 nitrogen and oxygen atoms in total. The highest BCUT2D eigenvalue weighted by Gasteiger charge is 2.20. The van der Waals surface area contributed by atoms with Crippen molar-refractivity contribution in [2.24, 2.45) is 0 Å². The van der Waals surface area contributed by atoms with Crippen molar-refractivity contribution in [2.45, 2.75) is 39.0 Å². The summed E-state index contributed by atoms with van der Waals surface area (Å²) in [7, 11) is 0. The highest BCUT2D eigenvalue weighted by Crippen LogP contribution is 2.23. The van der Waals surface area contributed by atoms with Crippen molar-refractivity contribution >= 4 is 16.9 Å². The van der Waals surface area contributed by atoms with E-state index in [-0.39, 0.29) is 12.3 Å². The average Bonchev–Trinajstić information content (AvgIpc) is 3.18. The van der Waals surface area contributed by atoms with Crippen LogP contribution in [0.4, 0.5) is 0 Å². The second-order valence-electron chi connectivity index (χ2n) is 7.83. The summed E-state index contributed by atoms with van der Waals surface area (Å²) in [5.41, 5.74) is 4.22. The van der Waals surface area contributed by atoms with Gasteiger partial charge in [-0.1, -0.05) is 73.0 Å². The van der Waals surface area contributed by atoms with E-state index in [4.69, 9.17) is 4.74 Å². The fourth-order valence-corrected chi connectivity index (χ4v) is 3.67. The Hall–Kier alpha value is -3.67. The first kappa shape index (κ1) is 21.6. The van der Waals surface area contributed by atoms with Crippen LogP contribution in [0, 0.1) is 5.21 Å². The second-order valence-corrected chi connectivity index (χ2v) is 7.83. The maximum atomic E-state index is 12.6. The van der Waals surface area contributed by atoms with Crippen molar-refractivity contribution in [1.29, 1.82) is 0 Å². The van der Waals surface area contributed by atoms with Crippen molar-refractivity contribution in [3.8, 4) is 16.9 Å². The predicted octanol–water partition coefficient (Wildman–Crippen LogP) is 5.18. The summed E-state index contributed by atoms with van der Waals surface area (Å²) >= 11 is 0. The minimum absolute atomic E-state index is 0.200. The third-order valence-corrected chi connectivity index (χ3v) is 5.51. The summed E-state index contributed by atoms with van der Waals surface area (Å²) in [6.45, 7) is 2.94. The third-order valence-electron chi connectivity index (χ3n) is 5.51. The number of carbonyl (C=O) groups is 1. The Balaban J connectivity index is 1.35. The number of benzene rings is 3. The molecule has 0 aliphatic rings. The van der Waals surface area contributed by atoms with Gasteiger partial charge in [-0.3, -0.25) is 0 Å². The van der Waals surface area contributed by atoms with Gasteiger partial charge in [0.2, 0.25) is 11.0 Å². The molecule has 0 radical (unpaired) electrons.